The molecule has 0 unspecified atom stereocenters. The molecule has 6 heteroatoms. The van der Waals surface area contributed by atoms with Gasteiger partial charge >= 0.3 is 0 Å². The van der Waals surface area contributed by atoms with E-state index in [0.717, 1.165) is 35.9 Å². The lowest BCUT2D eigenvalue weighted by Crippen LogP contribution is -2.28. The van der Waals surface area contributed by atoms with Crippen molar-refractivity contribution in [1.29, 1.82) is 0 Å². The van der Waals surface area contributed by atoms with Gasteiger partial charge in [-0.1, -0.05) is 55.2 Å². The number of amides is 1. The Balaban J connectivity index is 1.81. The number of benzene rings is 1. The van der Waals surface area contributed by atoms with Crippen LogP contribution in [-0.2, 0) is 4.79 Å². The minimum Gasteiger partial charge on any atom is -0.335 e. The number of anilines is 1. The van der Waals surface area contributed by atoms with Gasteiger partial charge in [-0.2, -0.15) is 0 Å². The van der Waals surface area contributed by atoms with Crippen LogP contribution in [0.2, 0.25) is 0 Å². The molecule has 2 aliphatic rings. The smallest absolute Gasteiger partial charge is 0.266 e. The van der Waals surface area contributed by atoms with E-state index < -0.39 is 0 Å². The Bertz CT molecular complexity index is 770. The SMILES string of the molecule is CCCCN1C(=O)/C(=C/C=C2\Sc3cc(C)ccc3N2CC)SC1=S. The first-order chi connectivity index (χ1) is 12.0. The molecular weight excluding hydrogens is 368 g/mol. The van der Waals surface area contributed by atoms with Crippen molar-refractivity contribution in [2.24, 2.45) is 0 Å². The Labute approximate surface area is 163 Å². The van der Waals surface area contributed by atoms with Crippen LogP contribution >= 0.6 is 35.7 Å². The second kappa shape index (κ2) is 7.98. The van der Waals surface area contributed by atoms with Crippen molar-refractivity contribution in [2.45, 2.75) is 38.5 Å². The molecular formula is C19H22N2OS3. The molecule has 0 atom stereocenters. The Morgan fingerprint density at radius 3 is 2.68 bits per heavy atom. The molecule has 0 radical (unpaired) electrons. The van der Waals surface area contributed by atoms with E-state index in [1.807, 2.05) is 6.08 Å². The van der Waals surface area contributed by atoms with E-state index in [1.54, 1.807) is 16.7 Å². The second-order valence-electron chi connectivity index (χ2n) is 6.03. The van der Waals surface area contributed by atoms with Gasteiger partial charge in [-0.25, -0.2) is 0 Å². The molecule has 0 spiro atoms. The van der Waals surface area contributed by atoms with Crippen molar-refractivity contribution in [3.05, 3.63) is 45.8 Å². The van der Waals surface area contributed by atoms with E-state index in [4.69, 9.17) is 12.2 Å². The molecule has 0 aromatic heterocycles. The number of hydrogen-bond donors (Lipinski definition) is 0. The highest BCUT2D eigenvalue weighted by Crippen LogP contribution is 2.46. The zero-order valence-corrected chi connectivity index (χ0v) is 17.2. The fourth-order valence-electron chi connectivity index (χ4n) is 2.83. The number of thioether (sulfide) groups is 2. The maximum Gasteiger partial charge on any atom is 0.266 e. The molecule has 25 heavy (non-hydrogen) atoms. The third-order valence-electron chi connectivity index (χ3n) is 4.19. The predicted molar refractivity (Wildman–Crippen MR) is 113 cm³/mol. The number of carbonyl (C=O) groups is 1. The molecule has 1 aromatic carbocycles. The number of hydrogen-bond acceptors (Lipinski definition) is 5. The maximum atomic E-state index is 12.5. The zero-order valence-electron chi connectivity index (χ0n) is 14.7. The van der Waals surface area contributed by atoms with E-state index in [-0.39, 0.29) is 5.91 Å². The van der Waals surface area contributed by atoms with Gasteiger partial charge in [-0.05, 0) is 50.1 Å². The van der Waals surface area contributed by atoms with Gasteiger partial charge < -0.3 is 4.90 Å². The van der Waals surface area contributed by atoms with Gasteiger partial charge in [0, 0.05) is 18.0 Å². The van der Waals surface area contributed by atoms with Crippen molar-refractivity contribution < 1.29 is 4.79 Å². The first-order valence-electron chi connectivity index (χ1n) is 8.56. The summed E-state index contributed by atoms with van der Waals surface area (Å²) < 4.78 is 0.674. The lowest BCUT2D eigenvalue weighted by molar-refractivity contribution is -0.122. The number of nitrogens with zero attached hydrogens (tertiary/aromatic N) is 2. The number of rotatable bonds is 5. The number of thiocarbonyl (C=S) groups is 1. The third kappa shape index (κ3) is 3.81. The van der Waals surface area contributed by atoms with Crippen LogP contribution in [0.4, 0.5) is 5.69 Å². The van der Waals surface area contributed by atoms with E-state index in [0.29, 0.717) is 4.32 Å². The summed E-state index contributed by atoms with van der Waals surface area (Å²) in [5, 5.41) is 1.15. The van der Waals surface area contributed by atoms with Gasteiger partial charge in [0.15, 0.2) is 0 Å². The summed E-state index contributed by atoms with van der Waals surface area (Å²) in [7, 11) is 0. The summed E-state index contributed by atoms with van der Waals surface area (Å²) in [5.41, 5.74) is 2.51. The third-order valence-corrected chi connectivity index (χ3v) is 6.70. The fourth-order valence-corrected chi connectivity index (χ4v) is 5.31. The summed E-state index contributed by atoms with van der Waals surface area (Å²) in [4.78, 5) is 18.5. The van der Waals surface area contributed by atoms with Gasteiger partial charge in [0.1, 0.15) is 4.32 Å². The number of aryl methyl sites for hydroxylation is 1. The zero-order chi connectivity index (χ0) is 18.0. The molecule has 1 fully saturated rings. The second-order valence-corrected chi connectivity index (χ2v) is 8.77. The predicted octanol–water partition coefficient (Wildman–Crippen LogP) is 5.31. The molecule has 1 amide bonds. The molecule has 0 bridgehead atoms. The molecule has 0 N–H and O–H groups in total. The first kappa shape index (κ1) is 18.5. The van der Waals surface area contributed by atoms with Crippen LogP contribution in [-0.4, -0.2) is 28.2 Å². The average molecular weight is 391 g/mol. The van der Waals surface area contributed by atoms with Crippen molar-refractivity contribution in [2.75, 3.05) is 18.0 Å². The van der Waals surface area contributed by atoms with Gasteiger partial charge in [0.2, 0.25) is 0 Å². The number of allylic oxidation sites excluding steroid dienone is 2. The van der Waals surface area contributed by atoms with Crippen LogP contribution in [0.3, 0.4) is 0 Å². The van der Waals surface area contributed by atoms with E-state index >= 15 is 0 Å². The molecule has 0 aliphatic carbocycles. The van der Waals surface area contributed by atoms with Gasteiger partial charge in [-0.15, -0.1) is 0 Å². The summed E-state index contributed by atoms with van der Waals surface area (Å²) in [6, 6.07) is 6.53. The van der Waals surface area contributed by atoms with Crippen LogP contribution in [0.15, 0.2) is 45.2 Å². The standard InChI is InChI=1S/C19H22N2OS3/c1-4-6-11-21-18(22)15(25-19(21)23)9-10-17-20(5-2)14-8-7-13(3)12-16(14)24-17/h7-10,12H,4-6,11H2,1-3H3/b15-9-,17-10-. The Hall–Kier alpha value is -1.24. The van der Waals surface area contributed by atoms with E-state index in [2.05, 4.69) is 49.9 Å². The minimum atomic E-state index is 0.0414. The topological polar surface area (TPSA) is 23.6 Å². The molecule has 132 valence electrons. The van der Waals surface area contributed by atoms with Crippen LogP contribution in [0.25, 0.3) is 0 Å². The molecule has 3 rings (SSSR count). The maximum absolute atomic E-state index is 12.5. The molecule has 1 saturated heterocycles. The molecule has 3 nitrogen and oxygen atoms in total. The minimum absolute atomic E-state index is 0.0414. The van der Waals surface area contributed by atoms with Crippen LogP contribution in [0.1, 0.15) is 32.3 Å². The molecule has 1 aromatic rings. The quantitative estimate of drug-likeness (QED) is 0.501. The van der Waals surface area contributed by atoms with E-state index in [9.17, 15) is 4.79 Å². The van der Waals surface area contributed by atoms with Crippen molar-refractivity contribution in [3.8, 4) is 0 Å². The van der Waals surface area contributed by atoms with Crippen molar-refractivity contribution >= 4 is 51.7 Å². The average Bonchev–Trinajstić information content (AvgIpc) is 3.07. The highest BCUT2D eigenvalue weighted by Gasteiger charge is 2.31. The largest absolute Gasteiger partial charge is 0.335 e. The van der Waals surface area contributed by atoms with Gasteiger partial charge in [-0.3, -0.25) is 9.69 Å². The fraction of sp³-hybridized carbons (Fsp3) is 0.368. The monoisotopic (exact) mass is 390 g/mol. The lowest BCUT2D eigenvalue weighted by atomic mass is 10.2. The highest BCUT2D eigenvalue weighted by molar-refractivity contribution is 8.26. The first-order valence-corrected chi connectivity index (χ1v) is 10.6. The van der Waals surface area contributed by atoms with Gasteiger partial charge in [0.05, 0.1) is 15.6 Å². The summed E-state index contributed by atoms with van der Waals surface area (Å²) in [6.07, 6.45) is 6.01. The molecule has 2 heterocycles. The van der Waals surface area contributed by atoms with Gasteiger partial charge in [0.25, 0.3) is 5.91 Å². The Morgan fingerprint density at radius 2 is 1.96 bits per heavy atom. The summed E-state index contributed by atoms with van der Waals surface area (Å²) in [6.45, 7) is 8.00. The number of unbranched alkanes of at least 4 members (excludes halogenated alkanes) is 1. The molecule has 0 saturated carbocycles. The van der Waals surface area contributed by atoms with Crippen LogP contribution in [0.5, 0.6) is 0 Å². The lowest BCUT2D eigenvalue weighted by Gasteiger charge is -2.17. The van der Waals surface area contributed by atoms with E-state index in [1.165, 1.54) is 27.9 Å². The normalized spacial score (nSPS) is 20.3. The Kier molecular flexibility index (Phi) is 5.92. The number of fused-ring (bicyclic) bond motifs is 1. The van der Waals surface area contributed by atoms with Crippen LogP contribution in [0, 0.1) is 6.92 Å². The highest BCUT2D eigenvalue weighted by atomic mass is 32.2. The van der Waals surface area contributed by atoms with Crippen molar-refractivity contribution in [1.82, 2.24) is 4.90 Å². The van der Waals surface area contributed by atoms with Crippen LogP contribution < -0.4 is 4.90 Å². The summed E-state index contributed by atoms with van der Waals surface area (Å²) >= 11 is 8.53. The molecule has 2 aliphatic heterocycles. The number of carbonyl (C=O) groups excluding carboxylic acids is 1. The Morgan fingerprint density at radius 1 is 1.16 bits per heavy atom. The summed E-state index contributed by atoms with van der Waals surface area (Å²) in [5.74, 6) is 0.0414. The van der Waals surface area contributed by atoms with Crippen molar-refractivity contribution in [3.63, 3.8) is 0 Å².